The first kappa shape index (κ1) is 20.5. The molecular weight excluding hydrogens is 393 g/mol. The molecule has 1 atom stereocenters. The van der Waals surface area contributed by atoms with E-state index < -0.39 is 17.7 Å². The van der Waals surface area contributed by atoms with Crippen molar-refractivity contribution < 1.29 is 23.1 Å². The SMILES string of the molecule is C[C@@H](O)CNC(=O)C1CC(Cc2c(-c3ccc(F)cc3)[nH]c3c(F)cc(F)cc23)C1. The van der Waals surface area contributed by atoms with E-state index in [1.165, 1.54) is 18.2 Å². The van der Waals surface area contributed by atoms with Crippen LogP contribution in [0.3, 0.4) is 0 Å². The number of aliphatic hydroxyl groups excluding tert-OH is 1. The number of halogens is 3. The smallest absolute Gasteiger partial charge is 0.223 e. The fourth-order valence-electron chi connectivity index (χ4n) is 4.15. The van der Waals surface area contributed by atoms with Gasteiger partial charge in [0.05, 0.1) is 11.6 Å². The van der Waals surface area contributed by atoms with Gasteiger partial charge in [-0.3, -0.25) is 4.79 Å². The number of carbonyl (C=O) groups is 1. The van der Waals surface area contributed by atoms with Crippen molar-refractivity contribution in [3.05, 3.63) is 59.4 Å². The van der Waals surface area contributed by atoms with Gasteiger partial charge in [-0.25, -0.2) is 13.2 Å². The lowest BCUT2D eigenvalue weighted by molar-refractivity contribution is -0.129. The predicted molar refractivity (Wildman–Crippen MR) is 108 cm³/mol. The van der Waals surface area contributed by atoms with Crippen LogP contribution >= 0.6 is 0 Å². The predicted octanol–water partition coefficient (Wildman–Crippen LogP) is 4.32. The summed E-state index contributed by atoms with van der Waals surface area (Å²) in [6, 6.07) is 8.00. The summed E-state index contributed by atoms with van der Waals surface area (Å²) >= 11 is 0. The topological polar surface area (TPSA) is 65.1 Å². The number of hydrogen-bond donors (Lipinski definition) is 3. The quantitative estimate of drug-likeness (QED) is 0.560. The minimum absolute atomic E-state index is 0.0816. The molecule has 158 valence electrons. The van der Waals surface area contributed by atoms with E-state index in [0.29, 0.717) is 35.9 Å². The third-order valence-corrected chi connectivity index (χ3v) is 5.74. The van der Waals surface area contributed by atoms with Crippen molar-refractivity contribution in [3.63, 3.8) is 0 Å². The van der Waals surface area contributed by atoms with Crippen molar-refractivity contribution in [2.24, 2.45) is 11.8 Å². The molecule has 0 aliphatic heterocycles. The van der Waals surface area contributed by atoms with Crippen LogP contribution in [0.5, 0.6) is 0 Å². The van der Waals surface area contributed by atoms with Crippen LogP contribution in [0, 0.1) is 29.3 Å². The molecular formula is C23H23F3N2O2. The Balaban J connectivity index is 1.59. The largest absolute Gasteiger partial charge is 0.392 e. The number of nitrogens with one attached hydrogen (secondary N) is 2. The first-order chi connectivity index (χ1) is 14.3. The summed E-state index contributed by atoms with van der Waals surface area (Å²) in [6.07, 6.45) is 1.28. The summed E-state index contributed by atoms with van der Waals surface area (Å²) < 4.78 is 41.6. The third-order valence-electron chi connectivity index (χ3n) is 5.74. The number of hydrogen-bond acceptors (Lipinski definition) is 2. The number of benzene rings is 2. The Hall–Kier alpha value is -2.80. The van der Waals surface area contributed by atoms with E-state index in [-0.39, 0.29) is 35.6 Å². The molecule has 1 aromatic heterocycles. The molecule has 0 bridgehead atoms. The number of carbonyl (C=O) groups excluding carboxylic acids is 1. The van der Waals surface area contributed by atoms with E-state index >= 15 is 0 Å². The second-order valence-corrected chi connectivity index (χ2v) is 8.13. The maximum absolute atomic E-state index is 14.4. The Labute approximate surface area is 172 Å². The van der Waals surface area contributed by atoms with Gasteiger partial charge in [-0.2, -0.15) is 0 Å². The zero-order valence-electron chi connectivity index (χ0n) is 16.5. The van der Waals surface area contributed by atoms with Crippen molar-refractivity contribution in [3.8, 4) is 11.3 Å². The van der Waals surface area contributed by atoms with Gasteiger partial charge in [-0.15, -0.1) is 0 Å². The van der Waals surface area contributed by atoms with Crippen LogP contribution in [0.4, 0.5) is 13.2 Å². The molecule has 0 saturated heterocycles. The molecule has 1 aliphatic carbocycles. The lowest BCUT2D eigenvalue weighted by Crippen LogP contribution is -2.41. The van der Waals surface area contributed by atoms with Crippen LogP contribution in [-0.2, 0) is 11.2 Å². The second kappa shape index (κ2) is 8.14. The molecule has 4 rings (SSSR count). The average Bonchev–Trinajstić information content (AvgIpc) is 3.01. The van der Waals surface area contributed by atoms with Crippen LogP contribution < -0.4 is 5.32 Å². The molecule has 1 fully saturated rings. The Kier molecular flexibility index (Phi) is 5.56. The maximum atomic E-state index is 14.4. The van der Waals surface area contributed by atoms with Gasteiger partial charge >= 0.3 is 0 Å². The van der Waals surface area contributed by atoms with Gasteiger partial charge in [0.1, 0.15) is 17.5 Å². The van der Waals surface area contributed by atoms with Crippen LogP contribution in [0.1, 0.15) is 25.3 Å². The summed E-state index contributed by atoms with van der Waals surface area (Å²) in [5.74, 6) is -1.72. The molecule has 3 aromatic rings. The molecule has 1 saturated carbocycles. The normalized spacial score (nSPS) is 19.5. The summed E-state index contributed by atoms with van der Waals surface area (Å²) in [6.45, 7) is 1.83. The standard InChI is InChI=1S/C23H23F3N2O2/c1-12(29)11-27-23(30)15-6-13(7-15)8-18-19-9-17(25)10-20(26)22(19)28-21(18)14-2-4-16(24)5-3-14/h2-5,9-10,12-13,15,28-29H,6-8,11H2,1H3,(H,27,30)/t12-,13?,15?/m1/s1. The highest BCUT2D eigenvalue weighted by molar-refractivity contribution is 5.91. The number of H-pyrrole nitrogens is 1. The van der Waals surface area contributed by atoms with E-state index in [1.807, 2.05) is 0 Å². The highest BCUT2D eigenvalue weighted by Crippen LogP contribution is 2.41. The summed E-state index contributed by atoms with van der Waals surface area (Å²) in [5.41, 5.74) is 2.31. The second-order valence-electron chi connectivity index (χ2n) is 8.13. The van der Waals surface area contributed by atoms with Crippen LogP contribution in [-0.4, -0.2) is 28.6 Å². The molecule has 1 amide bonds. The molecule has 3 N–H and O–H groups in total. The van der Waals surface area contributed by atoms with E-state index in [9.17, 15) is 23.1 Å². The molecule has 0 unspecified atom stereocenters. The Morgan fingerprint density at radius 2 is 1.87 bits per heavy atom. The van der Waals surface area contributed by atoms with Crippen molar-refractivity contribution in [2.45, 2.75) is 32.3 Å². The minimum atomic E-state index is -0.677. The van der Waals surface area contributed by atoms with Crippen molar-refractivity contribution >= 4 is 16.8 Å². The summed E-state index contributed by atoms with van der Waals surface area (Å²) in [4.78, 5) is 15.2. The molecule has 0 radical (unpaired) electrons. The molecule has 30 heavy (non-hydrogen) atoms. The Bertz CT molecular complexity index is 1070. The number of rotatable bonds is 6. The highest BCUT2D eigenvalue weighted by atomic mass is 19.1. The zero-order valence-corrected chi connectivity index (χ0v) is 16.5. The minimum Gasteiger partial charge on any atom is -0.392 e. The lowest BCUT2D eigenvalue weighted by Gasteiger charge is -2.34. The monoisotopic (exact) mass is 416 g/mol. The van der Waals surface area contributed by atoms with Crippen LogP contribution in [0.15, 0.2) is 36.4 Å². The Morgan fingerprint density at radius 1 is 1.17 bits per heavy atom. The molecule has 2 aromatic carbocycles. The van der Waals surface area contributed by atoms with Gasteiger partial charge in [-0.05, 0) is 73.6 Å². The third kappa shape index (κ3) is 4.07. The summed E-state index contributed by atoms with van der Waals surface area (Å²) in [7, 11) is 0. The Morgan fingerprint density at radius 3 is 2.53 bits per heavy atom. The van der Waals surface area contributed by atoms with Gasteiger partial charge in [0.2, 0.25) is 5.91 Å². The van der Waals surface area contributed by atoms with Gasteiger partial charge in [0.25, 0.3) is 0 Å². The van der Waals surface area contributed by atoms with E-state index in [4.69, 9.17) is 0 Å². The van der Waals surface area contributed by atoms with Gasteiger partial charge in [0.15, 0.2) is 0 Å². The molecule has 0 spiro atoms. The van der Waals surface area contributed by atoms with Crippen molar-refractivity contribution in [2.75, 3.05) is 6.54 Å². The van der Waals surface area contributed by atoms with Gasteiger partial charge in [0, 0.05) is 29.6 Å². The molecule has 4 nitrogen and oxygen atoms in total. The first-order valence-corrected chi connectivity index (χ1v) is 10.0. The number of aromatic amines is 1. The zero-order chi connectivity index (χ0) is 21.4. The van der Waals surface area contributed by atoms with Crippen LogP contribution in [0.2, 0.25) is 0 Å². The van der Waals surface area contributed by atoms with E-state index in [1.54, 1.807) is 19.1 Å². The van der Waals surface area contributed by atoms with E-state index in [0.717, 1.165) is 11.6 Å². The number of fused-ring (bicyclic) bond motifs is 1. The first-order valence-electron chi connectivity index (χ1n) is 10.0. The number of amides is 1. The van der Waals surface area contributed by atoms with Crippen LogP contribution in [0.25, 0.3) is 22.2 Å². The van der Waals surface area contributed by atoms with Crippen molar-refractivity contribution in [1.29, 1.82) is 0 Å². The van der Waals surface area contributed by atoms with Gasteiger partial charge < -0.3 is 15.4 Å². The van der Waals surface area contributed by atoms with Crippen molar-refractivity contribution in [1.82, 2.24) is 10.3 Å². The number of aromatic nitrogens is 1. The molecule has 1 heterocycles. The fourth-order valence-corrected chi connectivity index (χ4v) is 4.15. The fraction of sp³-hybridized carbons (Fsp3) is 0.348. The average molecular weight is 416 g/mol. The molecule has 1 aliphatic rings. The number of aliphatic hydroxyl groups is 1. The molecule has 7 heteroatoms. The lowest BCUT2D eigenvalue weighted by atomic mass is 9.71. The maximum Gasteiger partial charge on any atom is 0.223 e. The van der Waals surface area contributed by atoms with E-state index in [2.05, 4.69) is 10.3 Å². The summed E-state index contributed by atoms with van der Waals surface area (Å²) in [5, 5.41) is 12.5. The highest BCUT2D eigenvalue weighted by Gasteiger charge is 2.35. The van der Waals surface area contributed by atoms with Gasteiger partial charge in [-0.1, -0.05) is 0 Å².